The normalized spacial score (nSPS) is 15.9. The van der Waals surface area contributed by atoms with Crippen LogP contribution < -0.4 is 10.6 Å². The number of nitrogens with one attached hydrogen (secondary N) is 2. The van der Waals surface area contributed by atoms with E-state index in [2.05, 4.69) is 10.6 Å². The van der Waals surface area contributed by atoms with Gasteiger partial charge in [-0.1, -0.05) is 12.8 Å². The lowest BCUT2D eigenvalue weighted by Gasteiger charge is -2.18. The minimum absolute atomic E-state index is 0.0562. The van der Waals surface area contributed by atoms with Crippen molar-refractivity contribution in [3.63, 3.8) is 0 Å². The molecule has 0 bridgehead atoms. The highest BCUT2D eigenvalue weighted by molar-refractivity contribution is 5.75. The zero-order valence-corrected chi connectivity index (χ0v) is 13.7. The number of carbonyl (C=O) groups is 1. The lowest BCUT2D eigenvalue weighted by molar-refractivity contribution is -0.384. The summed E-state index contributed by atoms with van der Waals surface area (Å²) in [6, 6.07) is 6.19. The van der Waals surface area contributed by atoms with Gasteiger partial charge in [-0.25, -0.2) is 0 Å². The zero-order valence-electron chi connectivity index (χ0n) is 13.7. The number of aliphatic hydroxyl groups is 1. The van der Waals surface area contributed by atoms with Crippen LogP contribution in [0.1, 0.15) is 38.5 Å². The predicted octanol–water partition coefficient (Wildman–Crippen LogP) is 2.45. The maximum Gasteiger partial charge on any atom is 0.269 e. The molecule has 24 heavy (non-hydrogen) atoms. The lowest BCUT2D eigenvalue weighted by atomic mass is 10.0. The summed E-state index contributed by atoms with van der Waals surface area (Å²) < 4.78 is 0. The van der Waals surface area contributed by atoms with E-state index in [1.165, 1.54) is 25.0 Å². The summed E-state index contributed by atoms with van der Waals surface area (Å²) in [6.45, 7) is 0.940. The zero-order chi connectivity index (χ0) is 17.4. The minimum atomic E-state index is -0.436. The quantitative estimate of drug-likeness (QED) is 0.365. The lowest BCUT2D eigenvalue weighted by Crippen LogP contribution is -2.35. The van der Waals surface area contributed by atoms with Gasteiger partial charge in [0.1, 0.15) is 0 Å². The first kappa shape index (κ1) is 18.2. The van der Waals surface area contributed by atoms with E-state index in [9.17, 15) is 20.0 Å². The molecule has 7 nitrogen and oxygen atoms in total. The molecule has 1 atom stereocenters. The first-order valence-electron chi connectivity index (χ1n) is 8.49. The fourth-order valence-electron chi connectivity index (χ4n) is 3.00. The molecule has 2 rings (SSSR count). The SMILES string of the molecule is O=C(CCCNc1ccc([N+](=O)[O-])cc1)NCC(O)C1CCCC1. The number of benzene rings is 1. The van der Waals surface area contributed by atoms with E-state index < -0.39 is 11.0 Å². The molecule has 0 heterocycles. The fourth-order valence-corrected chi connectivity index (χ4v) is 3.00. The molecule has 132 valence electrons. The van der Waals surface area contributed by atoms with Gasteiger partial charge in [0.25, 0.3) is 5.69 Å². The van der Waals surface area contributed by atoms with Crippen LogP contribution >= 0.6 is 0 Å². The average Bonchev–Trinajstić information content (AvgIpc) is 3.11. The van der Waals surface area contributed by atoms with Crippen LogP contribution in [0.2, 0.25) is 0 Å². The molecule has 1 aliphatic rings. The minimum Gasteiger partial charge on any atom is -0.391 e. The number of hydrogen-bond donors (Lipinski definition) is 3. The molecule has 1 unspecified atom stereocenters. The molecule has 0 spiro atoms. The number of non-ortho nitro benzene ring substituents is 1. The van der Waals surface area contributed by atoms with E-state index in [0.29, 0.717) is 31.8 Å². The van der Waals surface area contributed by atoms with E-state index >= 15 is 0 Å². The highest BCUT2D eigenvalue weighted by atomic mass is 16.6. The Balaban J connectivity index is 1.57. The van der Waals surface area contributed by atoms with Crippen molar-refractivity contribution >= 4 is 17.3 Å². The maximum atomic E-state index is 11.8. The van der Waals surface area contributed by atoms with Crippen LogP contribution in [-0.4, -0.2) is 35.1 Å². The van der Waals surface area contributed by atoms with E-state index in [4.69, 9.17) is 0 Å². The Morgan fingerprint density at radius 1 is 1.29 bits per heavy atom. The molecule has 1 saturated carbocycles. The van der Waals surface area contributed by atoms with Crippen LogP contribution in [0.15, 0.2) is 24.3 Å². The summed E-state index contributed by atoms with van der Waals surface area (Å²) in [6.07, 6.45) is 5.05. The number of rotatable bonds is 9. The Kier molecular flexibility index (Phi) is 6.99. The summed E-state index contributed by atoms with van der Waals surface area (Å²) in [5.41, 5.74) is 0.846. The molecule has 0 radical (unpaired) electrons. The Morgan fingerprint density at radius 3 is 2.58 bits per heavy atom. The number of nitro groups is 1. The first-order chi connectivity index (χ1) is 11.6. The van der Waals surface area contributed by atoms with Gasteiger partial charge in [0.2, 0.25) is 5.91 Å². The largest absolute Gasteiger partial charge is 0.391 e. The molecule has 0 aliphatic heterocycles. The van der Waals surface area contributed by atoms with Crippen LogP contribution in [0.4, 0.5) is 11.4 Å². The van der Waals surface area contributed by atoms with Gasteiger partial charge >= 0.3 is 0 Å². The molecular weight excluding hydrogens is 310 g/mol. The summed E-state index contributed by atoms with van der Waals surface area (Å²) in [4.78, 5) is 21.9. The number of carbonyl (C=O) groups excluding carboxylic acids is 1. The third kappa shape index (κ3) is 5.81. The number of nitrogens with zero attached hydrogens (tertiary/aromatic N) is 1. The smallest absolute Gasteiger partial charge is 0.269 e. The van der Waals surface area contributed by atoms with Crippen LogP contribution in [-0.2, 0) is 4.79 Å². The predicted molar refractivity (Wildman–Crippen MR) is 91.8 cm³/mol. The van der Waals surface area contributed by atoms with Gasteiger partial charge in [-0.3, -0.25) is 14.9 Å². The molecule has 1 fully saturated rings. The molecule has 1 aromatic carbocycles. The molecule has 0 saturated heterocycles. The van der Waals surface area contributed by atoms with Crippen LogP contribution in [0, 0.1) is 16.0 Å². The van der Waals surface area contributed by atoms with Crippen molar-refractivity contribution in [3.05, 3.63) is 34.4 Å². The third-order valence-corrected chi connectivity index (χ3v) is 4.44. The molecule has 1 amide bonds. The second kappa shape index (κ2) is 9.22. The van der Waals surface area contributed by atoms with E-state index in [1.54, 1.807) is 12.1 Å². The summed E-state index contributed by atoms with van der Waals surface area (Å²) in [5, 5.41) is 26.5. The molecule has 3 N–H and O–H groups in total. The monoisotopic (exact) mass is 335 g/mol. The van der Waals surface area contributed by atoms with Gasteiger partial charge in [-0.2, -0.15) is 0 Å². The van der Waals surface area contributed by atoms with Gasteiger partial charge in [0.05, 0.1) is 11.0 Å². The Labute approximate surface area is 141 Å². The summed E-state index contributed by atoms with van der Waals surface area (Å²) >= 11 is 0. The van der Waals surface area contributed by atoms with Crippen molar-refractivity contribution in [1.82, 2.24) is 5.32 Å². The Morgan fingerprint density at radius 2 is 1.96 bits per heavy atom. The van der Waals surface area contributed by atoms with E-state index in [0.717, 1.165) is 18.5 Å². The second-order valence-electron chi connectivity index (χ2n) is 6.25. The molecule has 1 aromatic rings. The average molecular weight is 335 g/mol. The number of aliphatic hydroxyl groups excluding tert-OH is 1. The topological polar surface area (TPSA) is 104 Å². The Hall–Kier alpha value is -2.15. The molecule has 7 heteroatoms. The maximum absolute atomic E-state index is 11.8. The van der Waals surface area contributed by atoms with Crippen molar-refractivity contribution in [2.45, 2.75) is 44.6 Å². The van der Waals surface area contributed by atoms with Crippen molar-refractivity contribution in [2.24, 2.45) is 5.92 Å². The highest BCUT2D eigenvalue weighted by Crippen LogP contribution is 2.27. The molecular formula is C17H25N3O4. The fraction of sp³-hybridized carbons (Fsp3) is 0.588. The van der Waals surface area contributed by atoms with Gasteiger partial charge in [0.15, 0.2) is 0 Å². The number of anilines is 1. The van der Waals surface area contributed by atoms with Crippen LogP contribution in [0.5, 0.6) is 0 Å². The number of hydrogen-bond acceptors (Lipinski definition) is 5. The van der Waals surface area contributed by atoms with Crippen molar-refractivity contribution < 1.29 is 14.8 Å². The van der Waals surface area contributed by atoms with Gasteiger partial charge in [-0.05, 0) is 37.3 Å². The molecule has 1 aliphatic carbocycles. The van der Waals surface area contributed by atoms with Gasteiger partial charge in [0, 0.05) is 37.3 Å². The van der Waals surface area contributed by atoms with E-state index in [-0.39, 0.29) is 11.6 Å². The number of amides is 1. The summed E-state index contributed by atoms with van der Waals surface area (Å²) in [5.74, 6) is 0.270. The van der Waals surface area contributed by atoms with Crippen molar-refractivity contribution in [2.75, 3.05) is 18.4 Å². The van der Waals surface area contributed by atoms with Gasteiger partial charge < -0.3 is 15.7 Å². The molecule has 0 aromatic heterocycles. The summed E-state index contributed by atoms with van der Waals surface area (Å²) in [7, 11) is 0. The third-order valence-electron chi connectivity index (χ3n) is 4.44. The van der Waals surface area contributed by atoms with Crippen molar-refractivity contribution in [1.29, 1.82) is 0 Å². The Bertz CT molecular complexity index is 541. The van der Waals surface area contributed by atoms with Crippen LogP contribution in [0.25, 0.3) is 0 Å². The second-order valence-corrected chi connectivity index (χ2v) is 6.25. The highest BCUT2D eigenvalue weighted by Gasteiger charge is 2.23. The standard InChI is InChI=1S/C17H25N3O4/c21-16(13-4-1-2-5-13)12-19-17(22)6-3-11-18-14-7-9-15(10-8-14)20(23)24/h7-10,13,16,18,21H,1-6,11-12H2,(H,19,22). The first-order valence-corrected chi connectivity index (χ1v) is 8.49. The van der Waals surface area contributed by atoms with Crippen LogP contribution in [0.3, 0.4) is 0 Å². The van der Waals surface area contributed by atoms with Gasteiger partial charge in [-0.15, -0.1) is 0 Å². The van der Waals surface area contributed by atoms with E-state index in [1.807, 2.05) is 0 Å². The van der Waals surface area contributed by atoms with Crippen molar-refractivity contribution in [3.8, 4) is 0 Å². The number of nitro benzene ring substituents is 1.